The zero-order chi connectivity index (χ0) is 50.6. The van der Waals surface area contributed by atoms with Gasteiger partial charge in [-0.25, -0.2) is 9.48 Å². The van der Waals surface area contributed by atoms with Gasteiger partial charge in [0.2, 0.25) is 5.79 Å². The van der Waals surface area contributed by atoms with Crippen LogP contribution < -0.4 is 0 Å². The van der Waals surface area contributed by atoms with Gasteiger partial charge >= 0.3 is 5.97 Å². The van der Waals surface area contributed by atoms with Crippen LogP contribution >= 0.6 is 0 Å². The normalized spacial score (nSPS) is 37.1. The van der Waals surface area contributed by atoms with E-state index in [9.17, 15) is 34.2 Å². The number of ether oxygens (including phenoxy) is 5. The van der Waals surface area contributed by atoms with Crippen molar-refractivity contribution in [3.05, 3.63) is 53.9 Å². The molecule has 4 unspecified atom stereocenters. The molecule has 2 saturated heterocycles. The van der Waals surface area contributed by atoms with Gasteiger partial charge in [0.25, 0.3) is 11.7 Å². The third-order valence-corrected chi connectivity index (χ3v) is 15.2. The van der Waals surface area contributed by atoms with Crippen molar-refractivity contribution in [3.8, 4) is 0 Å². The summed E-state index contributed by atoms with van der Waals surface area (Å²) in [4.78, 5) is 72.3. The Bertz CT molecular complexity index is 2020. The number of aliphatic hydroxyl groups is 2. The first-order chi connectivity index (χ1) is 32.8. The molecule has 1 aromatic rings. The third-order valence-electron chi connectivity index (χ3n) is 15.2. The van der Waals surface area contributed by atoms with Gasteiger partial charge in [-0.3, -0.25) is 19.2 Å². The number of rotatable bonds is 7. The molecule has 0 spiro atoms. The number of aliphatic hydroxyl groups excluding tert-OH is 1. The number of ketones is 3. The minimum Gasteiger partial charge on any atom is -0.460 e. The monoisotopic (exact) mass is 966 g/mol. The summed E-state index contributed by atoms with van der Waals surface area (Å²) in [6.07, 6.45) is 14.0. The molecule has 0 aromatic carbocycles. The van der Waals surface area contributed by atoms with Crippen molar-refractivity contribution in [3.63, 3.8) is 0 Å². The standard InChI is InChI=1S/C52H79N5O12/c1-31-16-12-11-13-17-32(2)43(65-8)28-39-21-19-37(7)52(64,69-39)49(61)50(62)56-23-15-14-18-41(56)51(63)68-44(34(4)26-38-20-22-40(45(27-38)66-9)57-30-53-54-55-57)29-42(58)33(3)25-36(6)47(60)48(67-10)46(59)35(5)24-31/h11-13,16-17,25,30-31,34-41,43-45,47-48,60,64H,14-15,18-24,26-29H2,1-10H3/b13-11?,16-12?,32-17?,33-25+/t31-,34-,35?,36?,37-,38+,39+,40+,41?,43+,44+,45-,47-,48?,52-/m1/s1. The molecule has 1 saturated carbocycles. The maximum absolute atomic E-state index is 14.5. The van der Waals surface area contributed by atoms with Crippen LogP contribution in [0.1, 0.15) is 132 Å². The van der Waals surface area contributed by atoms with Crippen LogP contribution in [0.3, 0.4) is 0 Å². The van der Waals surface area contributed by atoms with E-state index < -0.39 is 77.8 Å². The van der Waals surface area contributed by atoms with Crippen LogP contribution in [-0.2, 0) is 47.7 Å². The second-order valence-corrected chi connectivity index (χ2v) is 20.4. The summed E-state index contributed by atoms with van der Waals surface area (Å²) in [6.45, 7) is 12.8. The number of cyclic esters (lactones) is 1. The Morgan fingerprint density at radius 3 is 2.33 bits per heavy atom. The van der Waals surface area contributed by atoms with Gasteiger partial charge < -0.3 is 38.8 Å². The van der Waals surface area contributed by atoms with Gasteiger partial charge in [-0.2, -0.15) is 0 Å². The number of Topliss-reactive ketones (excluding diaryl/α,β-unsaturated/α-hetero) is 3. The molecule has 5 rings (SSSR count). The molecule has 384 valence electrons. The smallest absolute Gasteiger partial charge is 0.329 e. The van der Waals surface area contributed by atoms with Crippen LogP contribution in [0.5, 0.6) is 0 Å². The summed E-state index contributed by atoms with van der Waals surface area (Å²) in [5, 5.41) is 35.2. The van der Waals surface area contributed by atoms with Crippen LogP contribution in [0.2, 0.25) is 0 Å². The number of amides is 1. The molecule has 4 heterocycles. The Balaban J connectivity index is 1.46. The summed E-state index contributed by atoms with van der Waals surface area (Å²) in [7, 11) is 4.63. The number of piperidine rings is 1. The molecular weight excluding hydrogens is 887 g/mol. The minimum atomic E-state index is -2.43. The van der Waals surface area contributed by atoms with E-state index in [1.807, 2.05) is 58.1 Å². The molecular formula is C52H79N5O12. The fraction of sp³-hybridized carbons (Fsp3) is 0.731. The zero-order valence-electron chi connectivity index (χ0n) is 42.5. The summed E-state index contributed by atoms with van der Waals surface area (Å²) in [5.74, 6) is -7.89. The number of hydrogen-bond acceptors (Lipinski definition) is 15. The summed E-state index contributed by atoms with van der Waals surface area (Å²) >= 11 is 0. The van der Waals surface area contributed by atoms with Crippen LogP contribution in [0, 0.1) is 35.5 Å². The molecule has 1 aromatic heterocycles. The van der Waals surface area contributed by atoms with Crippen molar-refractivity contribution < 1.29 is 57.9 Å². The quantitative estimate of drug-likeness (QED) is 0.235. The first-order valence-corrected chi connectivity index (χ1v) is 25.0. The Kier molecular flexibility index (Phi) is 20.8. The first kappa shape index (κ1) is 55.7. The van der Waals surface area contributed by atoms with Crippen LogP contribution in [-0.4, -0.2) is 141 Å². The van der Waals surface area contributed by atoms with Gasteiger partial charge in [0.05, 0.1) is 30.5 Å². The number of methoxy groups -OCH3 is 3. The van der Waals surface area contributed by atoms with Crippen LogP contribution in [0.25, 0.3) is 0 Å². The van der Waals surface area contributed by atoms with Crippen molar-refractivity contribution in [1.29, 1.82) is 0 Å². The summed E-state index contributed by atoms with van der Waals surface area (Å²) < 4.78 is 31.6. The molecule has 1 aliphatic carbocycles. The molecule has 2 bridgehead atoms. The van der Waals surface area contributed by atoms with Gasteiger partial charge in [0.15, 0.2) is 11.6 Å². The predicted molar refractivity (Wildman–Crippen MR) is 256 cm³/mol. The van der Waals surface area contributed by atoms with E-state index in [1.165, 1.54) is 12.0 Å². The van der Waals surface area contributed by atoms with E-state index in [1.54, 1.807) is 52.1 Å². The Labute approximate surface area is 408 Å². The summed E-state index contributed by atoms with van der Waals surface area (Å²) in [5.41, 5.74) is 1.20. The van der Waals surface area contributed by atoms with Gasteiger partial charge in [-0.1, -0.05) is 71.1 Å². The van der Waals surface area contributed by atoms with Crippen molar-refractivity contribution in [2.24, 2.45) is 35.5 Å². The highest BCUT2D eigenvalue weighted by Crippen LogP contribution is 2.39. The molecule has 69 heavy (non-hydrogen) atoms. The van der Waals surface area contributed by atoms with E-state index in [0.717, 1.165) is 18.4 Å². The van der Waals surface area contributed by atoms with Gasteiger partial charge in [-0.15, -0.1) is 5.10 Å². The number of aromatic nitrogens is 4. The van der Waals surface area contributed by atoms with Crippen molar-refractivity contribution in [1.82, 2.24) is 25.1 Å². The first-order valence-electron chi connectivity index (χ1n) is 25.0. The van der Waals surface area contributed by atoms with E-state index in [2.05, 4.69) is 15.5 Å². The number of carbonyl (C=O) groups is 5. The number of allylic oxidation sites excluding steroid dienone is 6. The molecule has 1 amide bonds. The highest BCUT2D eigenvalue weighted by atomic mass is 16.6. The van der Waals surface area contributed by atoms with Crippen molar-refractivity contribution in [2.75, 3.05) is 27.9 Å². The Morgan fingerprint density at radius 2 is 1.65 bits per heavy atom. The lowest BCUT2D eigenvalue weighted by Crippen LogP contribution is -2.61. The van der Waals surface area contributed by atoms with Gasteiger partial charge in [0, 0.05) is 58.5 Å². The minimum absolute atomic E-state index is 0.0197. The van der Waals surface area contributed by atoms with Gasteiger partial charge in [-0.05, 0) is 117 Å². The second-order valence-electron chi connectivity index (χ2n) is 20.4. The van der Waals surface area contributed by atoms with Crippen molar-refractivity contribution >= 4 is 29.2 Å². The third kappa shape index (κ3) is 14.2. The Morgan fingerprint density at radius 1 is 0.899 bits per heavy atom. The molecule has 17 nitrogen and oxygen atoms in total. The molecule has 4 aliphatic rings. The number of esters is 1. The average Bonchev–Trinajstić information content (AvgIpc) is 3.88. The Hall–Kier alpha value is -4.26. The van der Waals surface area contributed by atoms with Gasteiger partial charge in [0.1, 0.15) is 24.6 Å². The van der Waals surface area contributed by atoms with E-state index in [-0.39, 0.29) is 60.9 Å². The largest absolute Gasteiger partial charge is 0.460 e. The number of carbonyl (C=O) groups excluding carboxylic acids is 5. The lowest BCUT2D eigenvalue weighted by atomic mass is 9.77. The number of tetrazole rings is 1. The molecule has 2 N–H and O–H groups in total. The average molecular weight is 966 g/mol. The second kappa shape index (κ2) is 25.7. The number of nitrogens with zero attached hydrogens (tertiary/aromatic N) is 5. The predicted octanol–water partition coefficient (Wildman–Crippen LogP) is 6.05. The summed E-state index contributed by atoms with van der Waals surface area (Å²) in [6, 6.07) is -1.20. The lowest BCUT2D eigenvalue weighted by Gasteiger charge is -2.42. The topological polar surface area (TPSA) is 219 Å². The number of fused-ring (bicyclic) bond motifs is 3. The van der Waals surface area contributed by atoms with Crippen molar-refractivity contribution in [2.45, 2.75) is 180 Å². The van der Waals surface area contributed by atoms with Crippen LogP contribution in [0.4, 0.5) is 0 Å². The van der Waals surface area contributed by atoms with Crippen LogP contribution in [0.15, 0.2) is 53.9 Å². The molecule has 17 heteroatoms. The fourth-order valence-corrected chi connectivity index (χ4v) is 10.8. The van der Waals surface area contributed by atoms with E-state index >= 15 is 0 Å². The number of hydrogen-bond donors (Lipinski definition) is 2. The maximum Gasteiger partial charge on any atom is 0.329 e. The van der Waals surface area contributed by atoms with E-state index in [0.29, 0.717) is 56.9 Å². The highest BCUT2D eigenvalue weighted by Gasteiger charge is 2.53. The maximum atomic E-state index is 14.5. The lowest BCUT2D eigenvalue weighted by molar-refractivity contribution is -0.265. The SMILES string of the molecule is COC1C(=O)C(C)C[C@H](C)C=CC=CC=C(C)[C@@H](OC)C[C@@H]2CC[C@@H](C)[C@@](O)(O2)C(=O)C(=O)N2CCCCC2C(=O)O[C@H]([C@H](C)C[C@@H]2CC[C@H](n3cnnn3)[C@H](OC)C2)CC(=O)/C(C)=C/C(C)[C@H]1O. The molecule has 3 aliphatic heterocycles. The molecule has 0 radical (unpaired) electrons. The molecule has 15 atom stereocenters. The fourth-order valence-electron chi connectivity index (χ4n) is 10.8. The molecule has 3 fully saturated rings. The zero-order valence-corrected chi connectivity index (χ0v) is 42.5. The highest BCUT2D eigenvalue weighted by molar-refractivity contribution is 6.39. The van der Waals surface area contributed by atoms with E-state index in [4.69, 9.17) is 23.7 Å².